The SMILES string of the molecule is C.N#Cc1ccc(N)s1. The van der Waals surface area contributed by atoms with Crippen LogP contribution in [-0.2, 0) is 0 Å². The van der Waals surface area contributed by atoms with E-state index in [1.807, 2.05) is 6.07 Å². The van der Waals surface area contributed by atoms with E-state index in [9.17, 15) is 0 Å². The molecule has 0 saturated heterocycles. The van der Waals surface area contributed by atoms with E-state index in [4.69, 9.17) is 11.0 Å². The van der Waals surface area contributed by atoms with E-state index in [1.165, 1.54) is 11.3 Å². The van der Waals surface area contributed by atoms with Gasteiger partial charge in [0.15, 0.2) is 0 Å². The Morgan fingerprint density at radius 1 is 1.56 bits per heavy atom. The summed E-state index contributed by atoms with van der Waals surface area (Å²) in [5.74, 6) is 0. The maximum Gasteiger partial charge on any atom is 0.110 e. The van der Waals surface area contributed by atoms with Crippen LogP contribution in [0, 0.1) is 11.3 Å². The Morgan fingerprint density at radius 2 is 2.22 bits per heavy atom. The summed E-state index contributed by atoms with van der Waals surface area (Å²) < 4.78 is 0. The number of hydrogen-bond acceptors (Lipinski definition) is 3. The largest absolute Gasteiger partial charge is 0.391 e. The van der Waals surface area contributed by atoms with Gasteiger partial charge < -0.3 is 5.73 Å². The highest BCUT2D eigenvalue weighted by molar-refractivity contribution is 7.16. The molecule has 0 unspecified atom stereocenters. The van der Waals surface area contributed by atoms with Gasteiger partial charge in [0, 0.05) is 0 Å². The van der Waals surface area contributed by atoms with Crippen LogP contribution in [0.1, 0.15) is 12.3 Å². The van der Waals surface area contributed by atoms with Crippen molar-refractivity contribution < 1.29 is 0 Å². The lowest BCUT2D eigenvalue weighted by Gasteiger charge is -1.71. The maximum absolute atomic E-state index is 8.26. The quantitative estimate of drug-likeness (QED) is 0.597. The molecule has 0 atom stereocenters. The molecule has 2 N–H and O–H groups in total. The Balaban J connectivity index is 0.000000640. The average Bonchev–Trinajstić information content (AvgIpc) is 2.14. The zero-order chi connectivity index (χ0) is 5.98. The predicted octanol–water partition coefficient (Wildman–Crippen LogP) is 1.84. The Morgan fingerprint density at radius 3 is 2.44 bits per heavy atom. The Hall–Kier alpha value is -1.01. The van der Waals surface area contributed by atoms with Crippen molar-refractivity contribution in [2.45, 2.75) is 7.43 Å². The molecule has 0 aliphatic heterocycles. The van der Waals surface area contributed by atoms with E-state index in [0.717, 1.165) is 0 Å². The van der Waals surface area contributed by atoms with Crippen molar-refractivity contribution in [2.75, 3.05) is 5.73 Å². The van der Waals surface area contributed by atoms with Crippen LogP contribution < -0.4 is 5.73 Å². The molecule has 0 bridgehead atoms. The summed E-state index contributed by atoms with van der Waals surface area (Å²) in [6, 6.07) is 5.42. The minimum absolute atomic E-state index is 0. The normalized spacial score (nSPS) is 7.44. The summed E-state index contributed by atoms with van der Waals surface area (Å²) in [6.45, 7) is 0. The minimum Gasteiger partial charge on any atom is -0.391 e. The summed E-state index contributed by atoms with van der Waals surface area (Å²) in [6.07, 6.45) is 0. The van der Waals surface area contributed by atoms with E-state index in [0.29, 0.717) is 9.88 Å². The average molecular weight is 140 g/mol. The van der Waals surface area contributed by atoms with Crippen molar-refractivity contribution in [2.24, 2.45) is 0 Å². The Bertz CT molecular complexity index is 221. The molecule has 0 radical (unpaired) electrons. The van der Waals surface area contributed by atoms with Crippen LogP contribution in [0.2, 0.25) is 0 Å². The predicted molar refractivity (Wildman–Crippen MR) is 40.2 cm³/mol. The first-order valence-electron chi connectivity index (χ1n) is 2.08. The van der Waals surface area contributed by atoms with Gasteiger partial charge in [0.05, 0.1) is 5.00 Å². The Kier molecular flexibility index (Phi) is 2.75. The van der Waals surface area contributed by atoms with Crippen molar-refractivity contribution in [1.29, 1.82) is 5.26 Å². The van der Waals surface area contributed by atoms with Gasteiger partial charge in [-0.2, -0.15) is 5.26 Å². The highest BCUT2D eigenvalue weighted by Crippen LogP contribution is 2.15. The maximum atomic E-state index is 8.26. The van der Waals surface area contributed by atoms with Gasteiger partial charge in [0.25, 0.3) is 0 Å². The summed E-state index contributed by atoms with van der Waals surface area (Å²) in [7, 11) is 0. The van der Waals surface area contributed by atoms with Gasteiger partial charge >= 0.3 is 0 Å². The van der Waals surface area contributed by atoms with Gasteiger partial charge in [-0.1, -0.05) is 7.43 Å². The fourth-order valence-corrected chi connectivity index (χ4v) is 0.985. The number of nitrogens with zero attached hydrogens (tertiary/aromatic N) is 1. The third-order valence-electron chi connectivity index (χ3n) is 0.737. The van der Waals surface area contributed by atoms with Gasteiger partial charge in [0.2, 0.25) is 0 Å². The third kappa shape index (κ3) is 1.74. The van der Waals surface area contributed by atoms with Crippen molar-refractivity contribution >= 4 is 16.3 Å². The Labute approximate surface area is 58.5 Å². The number of rotatable bonds is 0. The third-order valence-corrected chi connectivity index (χ3v) is 1.56. The standard InChI is InChI=1S/C5H4N2S.CH4/c6-3-4-1-2-5(7)8-4;/h1-2H,7H2;1H4. The number of thiophene rings is 1. The van der Waals surface area contributed by atoms with Crippen LogP contribution in [0.4, 0.5) is 5.00 Å². The molecule has 1 aromatic heterocycles. The zero-order valence-corrected chi connectivity index (χ0v) is 4.90. The summed E-state index contributed by atoms with van der Waals surface area (Å²) >= 11 is 1.30. The molecular formula is C6H8N2S. The topological polar surface area (TPSA) is 49.8 Å². The molecule has 48 valence electrons. The van der Waals surface area contributed by atoms with Crippen LogP contribution in [0.15, 0.2) is 12.1 Å². The van der Waals surface area contributed by atoms with Crippen LogP contribution in [-0.4, -0.2) is 0 Å². The molecule has 0 aliphatic rings. The summed E-state index contributed by atoms with van der Waals surface area (Å²) in [5, 5.41) is 8.95. The fourth-order valence-electron chi connectivity index (χ4n) is 0.413. The molecule has 1 heterocycles. The molecule has 0 aromatic carbocycles. The van der Waals surface area contributed by atoms with Crippen LogP contribution in [0.3, 0.4) is 0 Å². The number of hydrogen-bond donors (Lipinski definition) is 1. The lowest BCUT2D eigenvalue weighted by atomic mass is 10.5. The van der Waals surface area contributed by atoms with Crippen molar-refractivity contribution in [3.63, 3.8) is 0 Å². The molecule has 0 saturated carbocycles. The molecule has 2 nitrogen and oxygen atoms in total. The van der Waals surface area contributed by atoms with E-state index in [1.54, 1.807) is 12.1 Å². The molecule has 1 aromatic rings. The van der Waals surface area contributed by atoms with E-state index in [-0.39, 0.29) is 7.43 Å². The highest BCUT2D eigenvalue weighted by Gasteiger charge is 1.90. The molecule has 3 heteroatoms. The molecule has 0 spiro atoms. The number of nitriles is 1. The molecule has 0 aliphatic carbocycles. The first-order chi connectivity index (χ1) is 3.83. The monoisotopic (exact) mass is 140 g/mol. The minimum atomic E-state index is 0. The van der Waals surface area contributed by atoms with Gasteiger partial charge in [-0.3, -0.25) is 0 Å². The van der Waals surface area contributed by atoms with Crippen LogP contribution in [0.5, 0.6) is 0 Å². The van der Waals surface area contributed by atoms with Gasteiger partial charge in [-0.15, -0.1) is 11.3 Å². The first-order valence-corrected chi connectivity index (χ1v) is 2.90. The smallest absolute Gasteiger partial charge is 0.110 e. The van der Waals surface area contributed by atoms with Crippen molar-refractivity contribution in [3.8, 4) is 6.07 Å². The van der Waals surface area contributed by atoms with Gasteiger partial charge in [-0.05, 0) is 12.1 Å². The van der Waals surface area contributed by atoms with E-state index < -0.39 is 0 Å². The lowest BCUT2D eigenvalue weighted by molar-refractivity contribution is 1.52. The van der Waals surface area contributed by atoms with Gasteiger partial charge in [-0.25, -0.2) is 0 Å². The van der Waals surface area contributed by atoms with Gasteiger partial charge in [0.1, 0.15) is 10.9 Å². The van der Waals surface area contributed by atoms with E-state index >= 15 is 0 Å². The van der Waals surface area contributed by atoms with Crippen molar-refractivity contribution in [1.82, 2.24) is 0 Å². The molecular weight excluding hydrogens is 132 g/mol. The lowest BCUT2D eigenvalue weighted by Crippen LogP contribution is -1.72. The molecule has 9 heavy (non-hydrogen) atoms. The fraction of sp³-hybridized carbons (Fsp3) is 0.167. The molecule has 0 fully saturated rings. The number of nitrogen functional groups attached to an aromatic ring is 1. The summed E-state index contributed by atoms with van der Waals surface area (Å²) in [5.41, 5.74) is 5.32. The second kappa shape index (κ2) is 3.10. The van der Waals surface area contributed by atoms with Crippen LogP contribution in [0.25, 0.3) is 0 Å². The molecule has 1 rings (SSSR count). The summed E-state index contributed by atoms with van der Waals surface area (Å²) in [4.78, 5) is 0.669. The zero-order valence-electron chi connectivity index (χ0n) is 4.09. The van der Waals surface area contributed by atoms with Crippen LogP contribution >= 0.6 is 11.3 Å². The number of nitrogens with two attached hydrogens (primary N) is 1. The second-order valence-corrected chi connectivity index (χ2v) is 2.43. The highest BCUT2D eigenvalue weighted by atomic mass is 32.1. The van der Waals surface area contributed by atoms with E-state index in [2.05, 4.69) is 0 Å². The molecule has 0 amide bonds. The number of anilines is 1. The second-order valence-electron chi connectivity index (χ2n) is 1.31. The first kappa shape index (κ1) is 7.99. The van der Waals surface area contributed by atoms with Crippen molar-refractivity contribution in [3.05, 3.63) is 17.0 Å².